The molecule has 0 radical (unpaired) electrons. The van der Waals surface area contributed by atoms with Crippen LogP contribution in [0.1, 0.15) is 36.7 Å². The molecular weight excluding hydrogens is 363 g/mol. The van der Waals surface area contributed by atoms with Gasteiger partial charge in [-0.05, 0) is 46.6 Å². The molecule has 1 heterocycles. The Morgan fingerprint density at radius 3 is 2.74 bits per heavy atom. The van der Waals surface area contributed by atoms with Crippen molar-refractivity contribution in [2.75, 3.05) is 6.54 Å². The molecule has 1 atom stereocenters. The van der Waals surface area contributed by atoms with Gasteiger partial charge in [0, 0.05) is 18.8 Å². The summed E-state index contributed by atoms with van der Waals surface area (Å²) in [6.07, 6.45) is 4.57. The van der Waals surface area contributed by atoms with Crippen molar-refractivity contribution in [3.05, 3.63) is 46.4 Å². The second-order valence-corrected chi connectivity index (χ2v) is 6.15. The predicted molar refractivity (Wildman–Crippen MR) is 91.1 cm³/mol. The van der Waals surface area contributed by atoms with Crippen molar-refractivity contribution in [2.24, 2.45) is 5.73 Å². The molecule has 3 N–H and O–H groups in total. The summed E-state index contributed by atoms with van der Waals surface area (Å²) in [5.41, 5.74) is 6.66. The fraction of sp³-hybridized carbons (Fsp3) is 0.375. The normalized spacial score (nSPS) is 12.2. The van der Waals surface area contributed by atoms with Gasteiger partial charge in [0.15, 0.2) is 5.69 Å². The van der Waals surface area contributed by atoms with Gasteiger partial charge < -0.3 is 11.1 Å². The molecule has 2 rings (SSSR count). The largest absolute Gasteiger partial charge is 0.347 e. The van der Waals surface area contributed by atoms with Crippen LogP contribution in [-0.2, 0) is 0 Å². The Labute approximate surface area is 143 Å². The van der Waals surface area contributed by atoms with Crippen LogP contribution in [0, 0.1) is 5.82 Å². The summed E-state index contributed by atoms with van der Waals surface area (Å²) >= 11 is 3.34. The van der Waals surface area contributed by atoms with E-state index < -0.39 is 0 Å². The maximum absolute atomic E-state index is 13.0. The maximum atomic E-state index is 13.0. The van der Waals surface area contributed by atoms with Crippen molar-refractivity contribution >= 4 is 21.8 Å². The van der Waals surface area contributed by atoms with Crippen LogP contribution in [0.15, 0.2) is 34.9 Å². The Hall–Kier alpha value is -1.73. The molecular formula is C16H20BrFN4O. The molecule has 2 aromatic rings. The van der Waals surface area contributed by atoms with Crippen LogP contribution in [-0.4, -0.2) is 28.3 Å². The van der Waals surface area contributed by atoms with Gasteiger partial charge in [-0.2, -0.15) is 5.10 Å². The van der Waals surface area contributed by atoms with Crippen LogP contribution < -0.4 is 11.1 Å². The molecule has 0 bridgehead atoms. The molecule has 1 unspecified atom stereocenters. The van der Waals surface area contributed by atoms with E-state index in [1.807, 2.05) is 0 Å². The van der Waals surface area contributed by atoms with E-state index in [0.717, 1.165) is 19.3 Å². The number of benzene rings is 1. The zero-order valence-electron chi connectivity index (χ0n) is 12.9. The number of unbranched alkanes of at least 4 members (excludes halogenated alkanes) is 1. The van der Waals surface area contributed by atoms with Crippen LogP contribution >= 0.6 is 15.9 Å². The first kappa shape index (κ1) is 17.6. The van der Waals surface area contributed by atoms with Crippen LogP contribution in [0.5, 0.6) is 0 Å². The van der Waals surface area contributed by atoms with E-state index in [4.69, 9.17) is 5.73 Å². The van der Waals surface area contributed by atoms with Crippen LogP contribution in [0.2, 0.25) is 0 Å². The molecule has 7 heteroatoms. The maximum Gasteiger partial charge on any atom is 0.273 e. The van der Waals surface area contributed by atoms with Gasteiger partial charge in [0.1, 0.15) is 5.82 Å². The Kier molecular flexibility index (Phi) is 6.29. The Morgan fingerprint density at radius 1 is 1.43 bits per heavy atom. The zero-order chi connectivity index (χ0) is 16.8. The number of halogens is 2. The van der Waals surface area contributed by atoms with Crippen LogP contribution in [0.3, 0.4) is 0 Å². The van der Waals surface area contributed by atoms with Gasteiger partial charge in [-0.1, -0.05) is 19.8 Å². The van der Waals surface area contributed by atoms with Crippen LogP contribution in [0.25, 0.3) is 5.69 Å². The third-order valence-electron chi connectivity index (χ3n) is 3.50. The van der Waals surface area contributed by atoms with Crippen molar-refractivity contribution in [1.29, 1.82) is 0 Å². The van der Waals surface area contributed by atoms with Crippen molar-refractivity contribution in [2.45, 2.75) is 32.2 Å². The molecule has 0 saturated heterocycles. The lowest BCUT2D eigenvalue weighted by Crippen LogP contribution is -2.40. The van der Waals surface area contributed by atoms with Crippen molar-refractivity contribution < 1.29 is 9.18 Å². The number of rotatable bonds is 7. The lowest BCUT2D eigenvalue weighted by atomic mass is 10.1. The minimum absolute atomic E-state index is 0.0645. The van der Waals surface area contributed by atoms with E-state index in [-0.39, 0.29) is 23.5 Å². The third kappa shape index (κ3) is 4.62. The van der Waals surface area contributed by atoms with E-state index in [2.05, 4.69) is 33.3 Å². The van der Waals surface area contributed by atoms with E-state index in [1.54, 1.807) is 18.3 Å². The molecule has 23 heavy (non-hydrogen) atoms. The van der Waals surface area contributed by atoms with Crippen molar-refractivity contribution in [1.82, 2.24) is 15.1 Å². The quantitative estimate of drug-likeness (QED) is 0.772. The number of carbonyl (C=O) groups excluding carboxylic acids is 1. The fourth-order valence-electron chi connectivity index (χ4n) is 2.19. The SMILES string of the molecule is CCCCC(CN)NC(=O)c1nn(-c2ccc(F)cc2)cc1Br. The number of amides is 1. The molecule has 0 saturated carbocycles. The lowest BCUT2D eigenvalue weighted by Gasteiger charge is -2.15. The number of carbonyl (C=O) groups is 1. The summed E-state index contributed by atoms with van der Waals surface area (Å²) in [5, 5.41) is 7.17. The van der Waals surface area contributed by atoms with E-state index in [0.29, 0.717) is 16.7 Å². The number of hydrogen-bond donors (Lipinski definition) is 2. The highest BCUT2D eigenvalue weighted by molar-refractivity contribution is 9.10. The Morgan fingerprint density at radius 2 is 2.13 bits per heavy atom. The van der Waals surface area contributed by atoms with Gasteiger partial charge in [0.2, 0.25) is 0 Å². The molecule has 0 aliphatic carbocycles. The summed E-state index contributed by atoms with van der Waals surface area (Å²) in [6, 6.07) is 5.82. The first-order chi connectivity index (χ1) is 11.0. The molecule has 1 aromatic carbocycles. The molecule has 1 amide bonds. The third-order valence-corrected chi connectivity index (χ3v) is 4.08. The summed E-state index contributed by atoms with van der Waals surface area (Å²) < 4.78 is 15.1. The Bertz CT molecular complexity index is 657. The molecule has 124 valence electrons. The van der Waals surface area contributed by atoms with Gasteiger partial charge in [0.25, 0.3) is 5.91 Å². The molecule has 0 spiro atoms. The Balaban J connectivity index is 2.13. The zero-order valence-corrected chi connectivity index (χ0v) is 14.5. The monoisotopic (exact) mass is 382 g/mol. The summed E-state index contributed by atoms with van der Waals surface area (Å²) in [7, 11) is 0. The van der Waals surface area contributed by atoms with Gasteiger partial charge in [-0.3, -0.25) is 4.79 Å². The highest BCUT2D eigenvalue weighted by Gasteiger charge is 2.18. The molecule has 0 aliphatic heterocycles. The smallest absolute Gasteiger partial charge is 0.273 e. The van der Waals surface area contributed by atoms with Crippen LogP contribution in [0.4, 0.5) is 4.39 Å². The lowest BCUT2D eigenvalue weighted by molar-refractivity contribution is 0.0929. The van der Waals surface area contributed by atoms with E-state index in [9.17, 15) is 9.18 Å². The average Bonchev–Trinajstić information content (AvgIpc) is 2.94. The van der Waals surface area contributed by atoms with Crippen molar-refractivity contribution in [3.8, 4) is 5.69 Å². The summed E-state index contributed by atoms with van der Waals surface area (Å²) in [4.78, 5) is 12.4. The number of nitrogens with one attached hydrogen (secondary N) is 1. The number of aromatic nitrogens is 2. The second-order valence-electron chi connectivity index (χ2n) is 5.29. The number of hydrogen-bond acceptors (Lipinski definition) is 3. The van der Waals surface area contributed by atoms with E-state index >= 15 is 0 Å². The topological polar surface area (TPSA) is 72.9 Å². The summed E-state index contributed by atoms with van der Waals surface area (Å²) in [6.45, 7) is 2.48. The minimum atomic E-state index is -0.320. The number of nitrogens with two attached hydrogens (primary N) is 1. The standard InChI is InChI=1S/C16H20BrFN4O/c1-2-3-4-12(9-19)20-16(23)15-14(17)10-22(21-15)13-7-5-11(18)6-8-13/h5-8,10,12H,2-4,9,19H2,1H3,(H,20,23). The van der Waals surface area contributed by atoms with Gasteiger partial charge in [-0.25, -0.2) is 9.07 Å². The highest BCUT2D eigenvalue weighted by atomic mass is 79.9. The number of nitrogens with zero attached hydrogens (tertiary/aromatic N) is 2. The van der Waals surface area contributed by atoms with Gasteiger partial charge >= 0.3 is 0 Å². The van der Waals surface area contributed by atoms with Gasteiger partial charge in [-0.15, -0.1) is 0 Å². The molecule has 0 fully saturated rings. The summed E-state index contributed by atoms with van der Waals surface area (Å²) in [5.74, 6) is -0.594. The van der Waals surface area contributed by atoms with Crippen molar-refractivity contribution in [3.63, 3.8) is 0 Å². The average molecular weight is 383 g/mol. The molecule has 5 nitrogen and oxygen atoms in total. The first-order valence-corrected chi connectivity index (χ1v) is 8.36. The molecule has 0 aliphatic rings. The van der Waals surface area contributed by atoms with E-state index in [1.165, 1.54) is 16.8 Å². The first-order valence-electron chi connectivity index (χ1n) is 7.57. The van der Waals surface area contributed by atoms with Gasteiger partial charge in [0.05, 0.1) is 10.2 Å². The molecule has 1 aromatic heterocycles. The predicted octanol–water partition coefficient (Wildman–Crippen LogP) is 3.02. The second kappa shape index (κ2) is 8.21. The minimum Gasteiger partial charge on any atom is -0.347 e. The highest BCUT2D eigenvalue weighted by Crippen LogP contribution is 2.18. The fourth-order valence-corrected chi connectivity index (χ4v) is 2.64.